The van der Waals surface area contributed by atoms with Crippen LogP contribution in [0.2, 0.25) is 0 Å². The summed E-state index contributed by atoms with van der Waals surface area (Å²) in [6.45, 7) is 1.99. The van der Waals surface area contributed by atoms with E-state index in [-0.39, 0.29) is 0 Å². The van der Waals surface area contributed by atoms with Crippen molar-refractivity contribution in [1.82, 2.24) is 5.32 Å². The highest BCUT2D eigenvalue weighted by Gasteiger charge is 1.90. The molecule has 0 aliphatic heterocycles. The Morgan fingerprint density at radius 1 is 1.54 bits per heavy atom. The lowest BCUT2D eigenvalue weighted by atomic mass is 10.2. The van der Waals surface area contributed by atoms with Crippen LogP contribution in [0.15, 0.2) is 22.7 Å². The van der Waals surface area contributed by atoms with Gasteiger partial charge in [0.15, 0.2) is 0 Å². The highest BCUT2D eigenvalue weighted by Crippen LogP contribution is 2.16. The largest absolute Gasteiger partial charge is 0.399 e. The lowest BCUT2D eigenvalue weighted by molar-refractivity contribution is -0.109. The standard InChI is InChI=1S/C7H8BrN.C2H5NO/c1-5-4-6(8)2-3-7(5)9;1-3-2-4/h2-4H,9H2,1H3;2H,1H3,(H,3,4). The molecule has 1 aromatic rings. The maximum absolute atomic E-state index is 9.06. The molecule has 0 unspecified atom stereocenters. The van der Waals surface area contributed by atoms with Crippen molar-refractivity contribution in [2.75, 3.05) is 12.8 Å². The number of aryl methyl sites for hydroxylation is 1. The minimum Gasteiger partial charge on any atom is -0.399 e. The summed E-state index contributed by atoms with van der Waals surface area (Å²) in [5.74, 6) is 0. The fraction of sp³-hybridized carbons (Fsp3) is 0.222. The minimum atomic E-state index is 0.625. The minimum absolute atomic E-state index is 0.625. The van der Waals surface area contributed by atoms with Crippen molar-refractivity contribution in [2.45, 2.75) is 6.92 Å². The quantitative estimate of drug-likeness (QED) is 0.584. The number of rotatable bonds is 1. The summed E-state index contributed by atoms with van der Waals surface area (Å²) in [5, 5.41) is 2.25. The summed E-state index contributed by atoms with van der Waals surface area (Å²) >= 11 is 3.34. The molecule has 0 aromatic heterocycles. The number of halogens is 1. The second-order valence-corrected chi connectivity index (χ2v) is 3.32. The average Bonchev–Trinajstić information content (AvgIpc) is 2.12. The van der Waals surface area contributed by atoms with Crippen molar-refractivity contribution in [2.24, 2.45) is 0 Å². The van der Waals surface area contributed by atoms with Crippen LogP contribution in [-0.2, 0) is 4.79 Å². The Hall–Kier alpha value is -1.03. The molecule has 0 saturated carbocycles. The van der Waals surface area contributed by atoms with Gasteiger partial charge in [-0.25, -0.2) is 0 Å². The normalized spacial score (nSPS) is 8.23. The van der Waals surface area contributed by atoms with E-state index in [1.165, 1.54) is 0 Å². The third-order valence-corrected chi connectivity index (χ3v) is 1.84. The zero-order chi connectivity index (χ0) is 10.3. The molecule has 0 fully saturated rings. The first-order chi connectivity index (χ1) is 6.11. The van der Waals surface area contributed by atoms with Gasteiger partial charge in [-0.2, -0.15) is 0 Å². The van der Waals surface area contributed by atoms with E-state index in [4.69, 9.17) is 10.5 Å². The van der Waals surface area contributed by atoms with E-state index in [9.17, 15) is 0 Å². The Labute approximate surface area is 86.5 Å². The fourth-order valence-electron chi connectivity index (χ4n) is 0.639. The van der Waals surface area contributed by atoms with Gasteiger partial charge in [0.25, 0.3) is 0 Å². The van der Waals surface area contributed by atoms with Crippen LogP contribution in [0.4, 0.5) is 5.69 Å². The highest BCUT2D eigenvalue weighted by atomic mass is 79.9. The molecule has 1 aromatic carbocycles. The van der Waals surface area contributed by atoms with E-state index < -0.39 is 0 Å². The number of amides is 1. The predicted molar refractivity (Wildman–Crippen MR) is 58.4 cm³/mol. The monoisotopic (exact) mass is 244 g/mol. The predicted octanol–water partition coefficient (Wildman–Crippen LogP) is 1.70. The summed E-state index contributed by atoms with van der Waals surface area (Å²) in [5.41, 5.74) is 7.53. The number of carbonyl (C=O) groups is 1. The summed E-state index contributed by atoms with van der Waals surface area (Å²) in [6, 6.07) is 5.82. The van der Waals surface area contributed by atoms with E-state index in [2.05, 4.69) is 21.2 Å². The molecule has 1 rings (SSSR count). The van der Waals surface area contributed by atoms with Crippen LogP contribution < -0.4 is 11.1 Å². The summed E-state index contributed by atoms with van der Waals surface area (Å²) in [4.78, 5) is 9.06. The average molecular weight is 245 g/mol. The molecule has 0 bridgehead atoms. The zero-order valence-electron chi connectivity index (χ0n) is 7.67. The molecule has 0 heterocycles. The third kappa shape index (κ3) is 5.25. The molecule has 4 heteroatoms. The van der Waals surface area contributed by atoms with Crippen molar-refractivity contribution in [3.05, 3.63) is 28.2 Å². The van der Waals surface area contributed by atoms with Gasteiger partial charge in [0.2, 0.25) is 6.41 Å². The number of benzene rings is 1. The summed E-state index contributed by atoms with van der Waals surface area (Å²) in [6.07, 6.45) is 0.625. The van der Waals surface area contributed by atoms with E-state index in [0.717, 1.165) is 15.7 Å². The van der Waals surface area contributed by atoms with Crippen LogP contribution in [0.25, 0.3) is 0 Å². The molecule has 0 spiro atoms. The highest BCUT2D eigenvalue weighted by molar-refractivity contribution is 9.10. The number of hydrogen-bond acceptors (Lipinski definition) is 2. The molecule has 1 amide bonds. The molecular formula is C9H13BrN2O. The zero-order valence-corrected chi connectivity index (χ0v) is 9.26. The number of hydrogen-bond donors (Lipinski definition) is 2. The van der Waals surface area contributed by atoms with Crippen molar-refractivity contribution >= 4 is 28.0 Å². The fourth-order valence-corrected chi connectivity index (χ4v) is 1.11. The second-order valence-electron chi connectivity index (χ2n) is 2.41. The number of anilines is 1. The number of nitrogen functional groups attached to an aromatic ring is 1. The molecule has 3 nitrogen and oxygen atoms in total. The van der Waals surface area contributed by atoms with Crippen LogP contribution in [-0.4, -0.2) is 13.5 Å². The number of nitrogens with one attached hydrogen (secondary N) is 1. The molecule has 0 radical (unpaired) electrons. The smallest absolute Gasteiger partial charge is 0.206 e. The Morgan fingerprint density at radius 3 is 2.38 bits per heavy atom. The summed E-state index contributed by atoms with van der Waals surface area (Å²) < 4.78 is 1.08. The van der Waals surface area contributed by atoms with Crippen molar-refractivity contribution in [3.63, 3.8) is 0 Å². The van der Waals surface area contributed by atoms with Gasteiger partial charge in [-0.15, -0.1) is 0 Å². The van der Waals surface area contributed by atoms with Gasteiger partial charge in [-0.3, -0.25) is 4.79 Å². The topological polar surface area (TPSA) is 55.1 Å². The molecular weight excluding hydrogens is 232 g/mol. The number of carbonyl (C=O) groups excluding carboxylic acids is 1. The van der Waals surface area contributed by atoms with Crippen LogP contribution in [0.3, 0.4) is 0 Å². The van der Waals surface area contributed by atoms with Gasteiger partial charge >= 0.3 is 0 Å². The van der Waals surface area contributed by atoms with Crippen molar-refractivity contribution in [1.29, 1.82) is 0 Å². The molecule has 0 saturated heterocycles. The van der Waals surface area contributed by atoms with Crippen LogP contribution in [0, 0.1) is 6.92 Å². The van der Waals surface area contributed by atoms with Gasteiger partial charge in [0.05, 0.1) is 0 Å². The Morgan fingerprint density at radius 2 is 2.08 bits per heavy atom. The lowest BCUT2D eigenvalue weighted by Crippen LogP contribution is -1.98. The second kappa shape index (κ2) is 6.48. The maximum atomic E-state index is 9.06. The Bertz CT molecular complexity index is 276. The third-order valence-electron chi connectivity index (χ3n) is 1.35. The SMILES string of the molecule is CNC=O.Cc1cc(Br)ccc1N. The van der Waals surface area contributed by atoms with E-state index in [1.807, 2.05) is 25.1 Å². The molecule has 72 valence electrons. The Balaban J connectivity index is 0.000000310. The van der Waals surface area contributed by atoms with Gasteiger partial charge in [-0.05, 0) is 30.7 Å². The molecule has 13 heavy (non-hydrogen) atoms. The first-order valence-electron chi connectivity index (χ1n) is 3.74. The maximum Gasteiger partial charge on any atom is 0.206 e. The first-order valence-corrected chi connectivity index (χ1v) is 4.53. The van der Waals surface area contributed by atoms with Crippen LogP contribution in [0.1, 0.15) is 5.56 Å². The van der Waals surface area contributed by atoms with Crippen LogP contribution >= 0.6 is 15.9 Å². The molecule has 3 N–H and O–H groups in total. The Kier molecular flexibility index (Phi) is 5.97. The van der Waals surface area contributed by atoms with Crippen molar-refractivity contribution in [3.8, 4) is 0 Å². The molecule has 0 aliphatic carbocycles. The van der Waals surface area contributed by atoms with Gasteiger partial charge in [-0.1, -0.05) is 15.9 Å². The first kappa shape index (κ1) is 12.0. The van der Waals surface area contributed by atoms with E-state index in [1.54, 1.807) is 7.05 Å². The summed E-state index contributed by atoms with van der Waals surface area (Å²) in [7, 11) is 1.56. The van der Waals surface area contributed by atoms with Crippen molar-refractivity contribution < 1.29 is 4.79 Å². The molecule has 0 aliphatic rings. The number of nitrogens with two attached hydrogens (primary N) is 1. The van der Waals surface area contributed by atoms with Gasteiger partial charge < -0.3 is 11.1 Å². The van der Waals surface area contributed by atoms with E-state index >= 15 is 0 Å². The molecule has 0 atom stereocenters. The van der Waals surface area contributed by atoms with Gasteiger partial charge in [0.1, 0.15) is 0 Å². The van der Waals surface area contributed by atoms with Gasteiger partial charge in [0, 0.05) is 17.2 Å². The van der Waals surface area contributed by atoms with Crippen LogP contribution in [0.5, 0.6) is 0 Å². The lowest BCUT2D eigenvalue weighted by Gasteiger charge is -1.97. The van der Waals surface area contributed by atoms with E-state index in [0.29, 0.717) is 6.41 Å².